The molecule has 0 bridgehead atoms. The molecular formula is C17H22N2. The Morgan fingerprint density at radius 2 is 1.37 bits per heavy atom. The van der Waals surface area contributed by atoms with Crippen LogP contribution in [0.3, 0.4) is 0 Å². The third-order valence-corrected chi connectivity index (χ3v) is 3.47. The van der Waals surface area contributed by atoms with Gasteiger partial charge in [0.15, 0.2) is 0 Å². The average molecular weight is 254 g/mol. The molecule has 19 heavy (non-hydrogen) atoms. The van der Waals surface area contributed by atoms with Gasteiger partial charge < -0.3 is 0 Å². The standard InChI is InChI=1S/C17H22N2/c1-2-14-8-10-16(11-9-14)13-17(19-18)12-15-6-4-3-5-7-15/h3-11,17,19H,2,12-13,18H2,1H3. The van der Waals surface area contributed by atoms with E-state index >= 15 is 0 Å². The number of hydrogen-bond acceptors (Lipinski definition) is 2. The van der Waals surface area contributed by atoms with Crippen molar-refractivity contribution in [2.45, 2.75) is 32.2 Å². The molecule has 3 N–H and O–H groups in total. The molecule has 0 aliphatic carbocycles. The second-order valence-corrected chi connectivity index (χ2v) is 4.93. The molecule has 0 amide bonds. The molecule has 1 atom stereocenters. The van der Waals surface area contributed by atoms with Crippen molar-refractivity contribution in [3.63, 3.8) is 0 Å². The van der Waals surface area contributed by atoms with Gasteiger partial charge in [-0.2, -0.15) is 0 Å². The molecule has 0 saturated heterocycles. The van der Waals surface area contributed by atoms with Gasteiger partial charge in [-0.15, -0.1) is 0 Å². The molecule has 0 heterocycles. The lowest BCUT2D eigenvalue weighted by Gasteiger charge is -2.16. The van der Waals surface area contributed by atoms with Crippen LogP contribution >= 0.6 is 0 Å². The third-order valence-electron chi connectivity index (χ3n) is 3.47. The number of benzene rings is 2. The molecule has 0 spiro atoms. The van der Waals surface area contributed by atoms with Crippen LogP contribution in [0.15, 0.2) is 54.6 Å². The summed E-state index contributed by atoms with van der Waals surface area (Å²) in [5.74, 6) is 5.67. The van der Waals surface area contributed by atoms with Crippen molar-refractivity contribution < 1.29 is 0 Å². The van der Waals surface area contributed by atoms with Gasteiger partial charge in [-0.3, -0.25) is 11.3 Å². The Kier molecular flexibility index (Phi) is 5.13. The average Bonchev–Trinajstić information content (AvgIpc) is 2.48. The molecule has 2 aromatic carbocycles. The molecule has 2 nitrogen and oxygen atoms in total. The summed E-state index contributed by atoms with van der Waals surface area (Å²) in [6, 6.07) is 19.5. The van der Waals surface area contributed by atoms with Gasteiger partial charge in [0.05, 0.1) is 0 Å². The molecular weight excluding hydrogens is 232 g/mol. The van der Waals surface area contributed by atoms with Crippen LogP contribution in [0.25, 0.3) is 0 Å². The van der Waals surface area contributed by atoms with Crippen LogP contribution in [0, 0.1) is 0 Å². The zero-order valence-corrected chi connectivity index (χ0v) is 11.5. The van der Waals surface area contributed by atoms with E-state index in [1.807, 2.05) is 6.07 Å². The smallest absolute Gasteiger partial charge is 0.0291 e. The Balaban J connectivity index is 1.98. The molecule has 0 radical (unpaired) electrons. The van der Waals surface area contributed by atoms with Gasteiger partial charge in [0.25, 0.3) is 0 Å². The lowest BCUT2D eigenvalue weighted by atomic mass is 9.98. The van der Waals surface area contributed by atoms with E-state index < -0.39 is 0 Å². The minimum absolute atomic E-state index is 0.273. The Hall–Kier alpha value is -1.64. The maximum Gasteiger partial charge on any atom is 0.0291 e. The van der Waals surface area contributed by atoms with Crippen molar-refractivity contribution >= 4 is 0 Å². The van der Waals surface area contributed by atoms with Crippen molar-refractivity contribution in [3.05, 3.63) is 71.3 Å². The highest BCUT2D eigenvalue weighted by Gasteiger charge is 2.08. The molecule has 100 valence electrons. The van der Waals surface area contributed by atoms with Crippen molar-refractivity contribution in [1.82, 2.24) is 5.43 Å². The SMILES string of the molecule is CCc1ccc(CC(Cc2ccccc2)NN)cc1. The van der Waals surface area contributed by atoms with Gasteiger partial charge in [0.1, 0.15) is 0 Å². The minimum atomic E-state index is 0.273. The summed E-state index contributed by atoms with van der Waals surface area (Å²) in [7, 11) is 0. The summed E-state index contributed by atoms with van der Waals surface area (Å²) in [4.78, 5) is 0. The topological polar surface area (TPSA) is 38.0 Å². The molecule has 0 aromatic heterocycles. The number of aryl methyl sites for hydroxylation is 1. The van der Waals surface area contributed by atoms with E-state index in [2.05, 4.69) is 60.9 Å². The van der Waals surface area contributed by atoms with E-state index in [1.54, 1.807) is 0 Å². The van der Waals surface area contributed by atoms with Crippen LogP contribution in [-0.4, -0.2) is 6.04 Å². The summed E-state index contributed by atoms with van der Waals surface area (Å²) < 4.78 is 0. The fraction of sp³-hybridized carbons (Fsp3) is 0.294. The molecule has 0 aliphatic heterocycles. The van der Waals surface area contributed by atoms with E-state index in [-0.39, 0.29) is 6.04 Å². The van der Waals surface area contributed by atoms with E-state index in [9.17, 15) is 0 Å². The summed E-state index contributed by atoms with van der Waals surface area (Å²) in [5, 5.41) is 0. The molecule has 2 aromatic rings. The summed E-state index contributed by atoms with van der Waals surface area (Å²) in [6.07, 6.45) is 2.99. The normalized spacial score (nSPS) is 12.3. The molecule has 0 fully saturated rings. The van der Waals surface area contributed by atoms with Crippen LogP contribution in [0.1, 0.15) is 23.6 Å². The Labute approximate surface area is 115 Å². The second-order valence-electron chi connectivity index (χ2n) is 4.93. The maximum absolute atomic E-state index is 5.67. The highest BCUT2D eigenvalue weighted by Crippen LogP contribution is 2.10. The summed E-state index contributed by atoms with van der Waals surface area (Å²) in [6.45, 7) is 2.18. The molecule has 0 saturated carbocycles. The third kappa shape index (κ3) is 4.19. The van der Waals surface area contributed by atoms with Crippen LogP contribution < -0.4 is 11.3 Å². The van der Waals surface area contributed by atoms with Gasteiger partial charge >= 0.3 is 0 Å². The first-order chi connectivity index (χ1) is 9.31. The van der Waals surface area contributed by atoms with Crippen molar-refractivity contribution in [2.75, 3.05) is 0 Å². The van der Waals surface area contributed by atoms with Crippen LogP contribution in [0.5, 0.6) is 0 Å². The Morgan fingerprint density at radius 1 is 0.842 bits per heavy atom. The Bertz CT molecular complexity index is 476. The molecule has 1 unspecified atom stereocenters. The monoisotopic (exact) mass is 254 g/mol. The zero-order valence-electron chi connectivity index (χ0n) is 11.5. The minimum Gasteiger partial charge on any atom is -0.271 e. The highest BCUT2D eigenvalue weighted by atomic mass is 15.2. The number of hydrogen-bond donors (Lipinski definition) is 2. The zero-order chi connectivity index (χ0) is 13.5. The van der Waals surface area contributed by atoms with Crippen molar-refractivity contribution in [2.24, 2.45) is 5.84 Å². The van der Waals surface area contributed by atoms with E-state index in [0.29, 0.717) is 0 Å². The van der Waals surface area contributed by atoms with Crippen LogP contribution in [0.4, 0.5) is 0 Å². The van der Waals surface area contributed by atoms with Gasteiger partial charge in [-0.05, 0) is 36.0 Å². The second kappa shape index (κ2) is 7.07. The molecule has 2 rings (SSSR count). The fourth-order valence-corrected chi connectivity index (χ4v) is 2.28. The summed E-state index contributed by atoms with van der Waals surface area (Å²) in [5.41, 5.74) is 6.95. The van der Waals surface area contributed by atoms with E-state index in [0.717, 1.165) is 19.3 Å². The van der Waals surface area contributed by atoms with Gasteiger partial charge in [-0.25, -0.2) is 0 Å². The first-order valence-electron chi connectivity index (χ1n) is 6.89. The van der Waals surface area contributed by atoms with Gasteiger partial charge in [0.2, 0.25) is 0 Å². The first kappa shape index (κ1) is 13.8. The maximum atomic E-state index is 5.67. The first-order valence-corrected chi connectivity index (χ1v) is 6.89. The lowest BCUT2D eigenvalue weighted by molar-refractivity contribution is 0.522. The number of rotatable bonds is 6. The fourth-order valence-electron chi connectivity index (χ4n) is 2.28. The molecule has 2 heteroatoms. The lowest BCUT2D eigenvalue weighted by Crippen LogP contribution is -2.38. The van der Waals surface area contributed by atoms with Gasteiger partial charge in [-0.1, -0.05) is 61.5 Å². The number of nitrogens with one attached hydrogen (secondary N) is 1. The Morgan fingerprint density at radius 3 is 1.89 bits per heavy atom. The number of hydrazine groups is 1. The van der Waals surface area contributed by atoms with Crippen molar-refractivity contribution in [1.29, 1.82) is 0 Å². The molecule has 0 aliphatic rings. The largest absolute Gasteiger partial charge is 0.271 e. The van der Waals surface area contributed by atoms with Crippen LogP contribution in [0.2, 0.25) is 0 Å². The van der Waals surface area contributed by atoms with Crippen molar-refractivity contribution in [3.8, 4) is 0 Å². The number of nitrogens with two attached hydrogens (primary N) is 1. The predicted octanol–water partition coefficient (Wildman–Crippen LogP) is 2.87. The van der Waals surface area contributed by atoms with E-state index in [4.69, 9.17) is 5.84 Å². The summed E-state index contributed by atoms with van der Waals surface area (Å²) >= 11 is 0. The highest BCUT2D eigenvalue weighted by molar-refractivity contribution is 5.24. The predicted molar refractivity (Wildman–Crippen MR) is 80.8 cm³/mol. The van der Waals surface area contributed by atoms with Gasteiger partial charge in [0, 0.05) is 6.04 Å². The quantitative estimate of drug-likeness (QED) is 0.614. The van der Waals surface area contributed by atoms with E-state index in [1.165, 1.54) is 16.7 Å². The van der Waals surface area contributed by atoms with Crippen LogP contribution in [-0.2, 0) is 19.3 Å².